The van der Waals surface area contributed by atoms with E-state index < -0.39 is 0 Å². The van der Waals surface area contributed by atoms with E-state index >= 15 is 0 Å². The van der Waals surface area contributed by atoms with Gasteiger partial charge in [0.1, 0.15) is 17.1 Å². The number of nitrogens with zero attached hydrogens (tertiary/aromatic N) is 3. The van der Waals surface area contributed by atoms with Crippen LogP contribution in [0.1, 0.15) is 12.6 Å². The van der Waals surface area contributed by atoms with Crippen molar-refractivity contribution in [3.8, 4) is 0 Å². The largest absolute Gasteiger partial charge is 0.439 e. The predicted molar refractivity (Wildman–Crippen MR) is 61.6 cm³/mol. The third kappa shape index (κ3) is 2.73. The average molecular weight is 236 g/mol. The van der Waals surface area contributed by atoms with Crippen LogP contribution >= 0.6 is 11.8 Å². The van der Waals surface area contributed by atoms with Crippen molar-refractivity contribution < 1.29 is 4.42 Å². The van der Waals surface area contributed by atoms with Crippen LogP contribution in [0.5, 0.6) is 0 Å². The molecule has 0 unspecified atom stereocenters. The standard InChI is InChI=1S/C10H12N4OS/c1-3-12-8-4-11-5-9(14-8)16-10-13-7(2)6-15-10/h4-6H,3H2,1-2H3,(H,12,14). The minimum Gasteiger partial charge on any atom is -0.439 e. The molecule has 0 aliphatic rings. The van der Waals surface area contributed by atoms with E-state index in [1.807, 2.05) is 13.8 Å². The minimum atomic E-state index is 0.584. The van der Waals surface area contributed by atoms with E-state index in [2.05, 4.69) is 20.3 Å². The Labute approximate surface area is 97.7 Å². The van der Waals surface area contributed by atoms with Gasteiger partial charge in [0.25, 0.3) is 5.22 Å². The number of aromatic nitrogens is 3. The quantitative estimate of drug-likeness (QED) is 0.879. The molecule has 0 aromatic carbocycles. The number of aryl methyl sites for hydroxylation is 1. The summed E-state index contributed by atoms with van der Waals surface area (Å²) in [6.07, 6.45) is 4.99. The smallest absolute Gasteiger partial charge is 0.262 e. The van der Waals surface area contributed by atoms with E-state index in [0.29, 0.717) is 5.22 Å². The number of hydrogen-bond acceptors (Lipinski definition) is 6. The van der Waals surface area contributed by atoms with Crippen LogP contribution in [0, 0.1) is 6.92 Å². The number of oxazole rings is 1. The van der Waals surface area contributed by atoms with Crippen LogP contribution in [-0.2, 0) is 0 Å². The summed E-state index contributed by atoms with van der Waals surface area (Å²) in [5.74, 6) is 0.760. The van der Waals surface area contributed by atoms with Gasteiger partial charge in [0.2, 0.25) is 0 Å². The molecule has 0 aliphatic heterocycles. The van der Waals surface area contributed by atoms with Crippen molar-refractivity contribution in [1.82, 2.24) is 15.0 Å². The molecule has 0 saturated heterocycles. The van der Waals surface area contributed by atoms with E-state index in [4.69, 9.17) is 4.42 Å². The highest BCUT2D eigenvalue weighted by atomic mass is 32.2. The molecule has 0 aliphatic carbocycles. The lowest BCUT2D eigenvalue weighted by molar-refractivity contribution is 0.453. The topological polar surface area (TPSA) is 63.8 Å². The molecule has 16 heavy (non-hydrogen) atoms. The van der Waals surface area contributed by atoms with Crippen LogP contribution in [0.3, 0.4) is 0 Å². The van der Waals surface area contributed by atoms with Crippen molar-refractivity contribution in [2.75, 3.05) is 11.9 Å². The Morgan fingerprint density at radius 1 is 1.38 bits per heavy atom. The summed E-state index contributed by atoms with van der Waals surface area (Å²) in [7, 11) is 0. The molecule has 0 atom stereocenters. The number of rotatable bonds is 4. The van der Waals surface area contributed by atoms with Gasteiger partial charge in [-0.15, -0.1) is 0 Å². The molecule has 5 nitrogen and oxygen atoms in total. The lowest BCUT2D eigenvalue weighted by Crippen LogP contribution is -2.00. The highest BCUT2D eigenvalue weighted by molar-refractivity contribution is 7.99. The fraction of sp³-hybridized carbons (Fsp3) is 0.300. The Morgan fingerprint density at radius 2 is 2.25 bits per heavy atom. The predicted octanol–water partition coefficient (Wildman–Crippen LogP) is 2.36. The first-order valence-corrected chi connectivity index (χ1v) is 5.75. The van der Waals surface area contributed by atoms with Gasteiger partial charge in [-0.05, 0) is 25.6 Å². The maximum atomic E-state index is 5.23. The van der Waals surface area contributed by atoms with Gasteiger partial charge in [-0.3, -0.25) is 4.98 Å². The van der Waals surface area contributed by atoms with Crippen molar-refractivity contribution in [2.24, 2.45) is 0 Å². The van der Waals surface area contributed by atoms with Crippen molar-refractivity contribution >= 4 is 17.6 Å². The number of hydrogen-bond donors (Lipinski definition) is 1. The summed E-state index contributed by atoms with van der Waals surface area (Å²) in [5.41, 5.74) is 0.860. The number of nitrogens with one attached hydrogen (secondary N) is 1. The van der Waals surface area contributed by atoms with Crippen LogP contribution < -0.4 is 5.32 Å². The van der Waals surface area contributed by atoms with E-state index in [1.165, 1.54) is 11.8 Å². The molecule has 0 bridgehead atoms. The summed E-state index contributed by atoms with van der Waals surface area (Å²) in [4.78, 5) is 12.6. The van der Waals surface area contributed by atoms with Crippen molar-refractivity contribution in [2.45, 2.75) is 24.1 Å². The van der Waals surface area contributed by atoms with Gasteiger partial charge in [0, 0.05) is 6.54 Å². The van der Waals surface area contributed by atoms with Gasteiger partial charge < -0.3 is 9.73 Å². The Kier molecular flexibility index (Phi) is 3.40. The Bertz CT molecular complexity index is 471. The highest BCUT2D eigenvalue weighted by Gasteiger charge is 2.05. The Morgan fingerprint density at radius 3 is 2.94 bits per heavy atom. The van der Waals surface area contributed by atoms with Gasteiger partial charge in [0.05, 0.1) is 18.1 Å². The second kappa shape index (κ2) is 4.98. The van der Waals surface area contributed by atoms with Crippen LogP contribution in [0.15, 0.2) is 33.3 Å². The molecule has 84 valence electrons. The first-order chi connectivity index (χ1) is 7.78. The summed E-state index contributed by atoms with van der Waals surface area (Å²) < 4.78 is 5.23. The number of anilines is 1. The molecule has 0 spiro atoms. The summed E-state index contributed by atoms with van der Waals surface area (Å²) in [6.45, 7) is 4.72. The fourth-order valence-electron chi connectivity index (χ4n) is 1.13. The molecule has 0 radical (unpaired) electrons. The summed E-state index contributed by atoms with van der Waals surface area (Å²) in [5, 5.41) is 4.45. The molecule has 2 aromatic heterocycles. The van der Waals surface area contributed by atoms with Gasteiger partial charge in [0.15, 0.2) is 0 Å². The zero-order valence-electron chi connectivity index (χ0n) is 9.10. The Hall–Kier alpha value is -1.56. The Balaban J connectivity index is 2.12. The molecule has 2 aromatic rings. The molecule has 0 saturated carbocycles. The van der Waals surface area contributed by atoms with Crippen LogP contribution in [-0.4, -0.2) is 21.5 Å². The fourth-order valence-corrected chi connectivity index (χ4v) is 1.85. The lowest BCUT2D eigenvalue weighted by atomic mass is 10.6. The third-order valence-corrected chi connectivity index (χ3v) is 2.53. The average Bonchev–Trinajstić information content (AvgIpc) is 2.65. The highest BCUT2D eigenvalue weighted by Crippen LogP contribution is 2.25. The van der Waals surface area contributed by atoms with E-state index in [-0.39, 0.29) is 0 Å². The maximum Gasteiger partial charge on any atom is 0.262 e. The van der Waals surface area contributed by atoms with Gasteiger partial charge in [-0.25, -0.2) is 9.97 Å². The summed E-state index contributed by atoms with van der Waals surface area (Å²) in [6, 6.07) is 0. The molecule has 1 N–H and O–H groups in total. The maximum absolute atomic E-state index is 5.23. The second-order valence-corrected chi connectivity index (χ2v) is 4.10. The first-order valence-electron chi connectivity index (χ1n) is 4.94. The van der Waals surface area contributed by atoms with Crippen molar-refractivity contribution in [3.63, 3.8) is 0 Å². The molecule has 0 amide bonds. The van der Waals surface area contributed by atoms with Gasteiger partial charge in [-0.2, -0.15) is 0 Å². The molecular weight excluding hydrogens is 224 g/mol. The first kappa shape index (κ1) is 10.9. The molecule has 2 heterocycles. The molecule has 0 fully saturated rings. The van der Waals surface area contributed by atoms with Gasteiger partial charge >= 0.3 is 0 Å². The van der Waals surface area contributed by atoms with E-state index in [1.54, 1.807) is 18.7 Å². The monoisotopic (exact) mass is 236 g/mol. The molecule has 2 rings (SSSR count). The summed E-state index contributed by atoms with van der Waals surface area (Å²) >= 11 is 1.36. The zero-order valence-corrected chi connectivity index (χ0v) is 9.91. The van der Waals surface area contributed by atoms with Gasteiger partial charge in [-0.1, -0.05) is 0 Å². The van der Waals surface area contributed by atoms with Crippen molar-refractivity contribution in [3.05, 3.63) is 24.4 Å². The van der Waals surface area contributed by atoms with E-state index in [0.717, 1.165) is 23.1 Å². The minimum absolute atomic E-state index is 0.584. The van der Waals surface area contributed by atoms with E-state index in [9.17, 15) is 0 Å². The van der Waals surface area contributed by atoms with Crippen molar-refractivity contribution in [1.29, 1.82) is 0 Å². The third-order valence-electron chi connectivity index (χ3n) is 1.76. The zero-order chi connectivity index (χ0) is 11.4. The second-order valence-electron chi connectivity index (χ2n) is 3.13. The molecular formula is C10H12N4OS. The van der Waals surface area contributed by atoms with Crippen LogP contribution in [0.4, 0.5) is 5.82 Å². The molecule has 6 heteroatoms. The normalized spacial score (nSPS) is 10.4. The SMILES string of the molecule is CCNc1cncc(Sc2nc(C)co2)n1. The van der Waals surface area contributed by atoms with Crippen LogP contribution in [0.2, 0.25) is 0 Å². The lowest BCUT2D eigenvalue weighted by Gasteiger charge is -2.02. The van der Waals surface area contributed by atoms with Crippen LogP contribution in [0.25, 0.3) is 0 Å².